The Morgan fingerprint density at radius 1 is 1.29 bits per heavy atom. The second kappa shape index (κ2) is 5.11. The van der Waals surface area contributed by atoms with E-state index in [0.29, 0.717) is 24.3 Å². The molecule has 3 heterocycles. The molecule has 1 aliphatic rings. The number of ether oxygens (including phenoxy) is 1. The van der Waals surface area contributed by atoms with Gasteiger partial charge in [-0.15, -0.1) is 0 Å². The Labute approximate surface area is 123 Å². The van der Waals surface area contributed by atoms with Crippen LogP contribution in [0.4, 0.5) is 0 Å². The molecule has 112 valence electrons. The molecule has 1 amide bonds. The Bertz CT molecular complexity index is 684. The van der Waals surface area contributed by atoms with E-state index in [9.17, 15) is 4.79 Å². The summed E-state index contributed by atoms with van der Waals surface area (Å²) in [6, 6.07) is 1.95. The molecule has 0 saturated carbocycles. The van der Waals surface area contributed by atoms with Gasteiger partial charge < -0.3 is 9.64 Å². The van der Waals surface area contributed by atoms with E-state index in [-0.39, 0.29) is 18.1 Å². The number of amides is 1. The van der Waals surface area contributed by atoms with Gasteiger partial charge in [-0.3, -0.25) is 4.79 Å². The van der Waals surface area contributed by atoms with Crippen LogP contribution in [0.5, 0.6) is 0 Å². The number of carbonyl (C=O) groups is 1. The van der Waals surface area contributed by atoms with Crippen LogP contribution in [0.15, 0.2) is 12.3 Å². The second-order valence-corrected chi connectivity index (χ2v) is 5.80. The van der Waals surface area contributed by atoms with Crippen LogP contribution in [-0.4, -0.2) is 50.7 Å². The second-order valence-electron chi connectivity index (χ2n) is 5.80. The van der Waals surface area contributed by atoms with Crippen LogP contribution >= 0.6 is 0 Å². The van der Waals surface area contributed by atoms with Gasteiger partial charge in [0.05, 0.1) is 18.4 Å². The molecule has 2 atom stereocenters. The van der Waals surface area contributed by atoms with Gasteiger partial charge in [0.2, 0.25) is 0 Å². The van der Waals surface area contributed by atoms with Crippen LogP contribution in [0.2, 0.25) is 0 Å². The van der Waals surface area contributed by atoms with Crippen molar-refractivity contribution in [1.82, 2.24) is 19.5 Å². The highest BCUT2D eigenvalue weighted by Gasteiger charge is 2.28. The summed E-state index contributed by atoms with van der Waals surface area (Å²) in [5, 5.41) is 4.29. The van der Waals surface area contributed by atoms with Crippen molar-refractivity contribution >= 4 is 11.6 Å². The van der Waals surface area contributed by atoms with E-state index < -0.39 is 0 Å². The molecule has 0 bridgehead atoms. The number of carbonyl (C=O) groups excluding carboxylic acids is 1. The van der Waals surface area contributed by atoms with Gasteiger partial charge in [-0.25, -0.2) is 9.50 Å². The molecule has 3 rings (SSSR count). The van der Waals surface area contributed by atoms with Crippen molar-refractivity contribution in [3.05, 3.63) is 29.2 Å². The smallest absolute Gasteiger partial charge is 0.259 e. The molecule has 1 saturated heterocycles. The Kier molecular flexibility index (Phi) is 3.41. The zero-order chi connectivity index (χ0) is 15.1. The lowest BCUT2D eigenvalue weighted by atomic mass is 10.2. The van der Waals surface area contributed by atoms with Crippen molar-refractivity contribution in [2.75, 3.05) is 13.1 Å². The van der Waals surface area contributed by atoms with Gasteiger partial charge in [-0.2, -0.15) is 5.10 Å². The molecule has 6 nitrogen and oxygen atoms in total. The van der Waals surface area contributed by atoms with Crippen LogP contribution in [0.1, 0.15) is 35.6 Å². The van der Waals surface area contributed by atoms with E-state index in [1.807, 2.05) is 38.7 Å². The van der Waals surface area contributed by atoms with Crippen LogP contribution < -0.4 is 0 Å². The predicted octanol–water partition coefficient (Wildman–Crippen LogP) is 1.60. The van der Waals surface area contributed by atoms with Gasteiger partial charge in [0, 0.05) is 24.5 Å². The molecule has 2 aromatic rings. The Hall–Kier alpha value is -1.95. The highest BCUT2D eigenvalue weighted by Crippen LogP contribution is 2.18. The number of aromatic nitrogens is 3. The average molecular weight is 288 g/mol. The molecular weight excluding hydrogens is 268 g/mol. The molecule has 1 fully saturated rings. The lowest BCUT2D eigenvalue weighted by Crippen LogP contribution is -2.48. The quantitative estimate of drug-likeness (QED) is 0.799. The molecule has 6 heteroatoms. The Balaban J connectivity index is 1.98. The van der Waals surface area contributed by atoms with Crippen molar-refractivity contribution in [3.63, 3.8) is 0 Å². The van der Waals surface area contributed by atoms with Gasteiger partial charge >= 0.3 is 0 Å². The van der Waals surface area contributed by atoms with E-state index in [1.54, 1.807) is 10.7 Å². The summed E-state index contributed by atoms with van der Waals surface area (Å²) < 4.78 is 7.40. The number of fused-ring (bicyclic) bond motifs is 1. The highest BCUT2D eigenvalue weighted by molar-refractivity contribution is 5.99. The number of morpholine rings is 1. The minimum Gasteiger partial charge on any atom is -0.372 e. The number of nitrogens with zero attached hydrogens (tertiary/aromatic N) is 4. The first-order chi connectivity index (χ1) is 9.95. The van der Waals surface area contributed by atoms with E-state index in [0.717, 1.165) is 11.4 Å². The molecule has 0 spiro atoms. The number of hydrogen-bond acceptors (Lipinski definition) is 4. The summed E-state index contributed by atoms with van der Waals surface area (Å²) in [6.07, 6.45) is 1.72. The maximum absolute atomic E-state index is 12.8. The number of rotatable bonds is 1. The fourth-order valence-electron chi connectivity index (χ4n) is 2.94. The number of hydrogen-bond donors (Lipinski definition) is 0. The summed E-state index contributed by atoms with van der Waals surface area (Å²) >= 11 is 0. The van der Waals surface area contributed by atoms with Crippen LogP contribution in [-0.2, 0) is 4.74 Å². The Morgan fingerprint density at radius 2 is 1.95 bits per heavy atom. The largest absolute Gasteiger partial charge is 0.372 e. The third-order valence-corrected chi connectivity index (χ3v) is 3.72. The lowest BCUT2D eigenvalue weighted by molar-refractivity contribution is -0.0585. The molecule has 0 aromatic carbocycles. The van der Waals surface area contributed by atoms with Crippen molar-refractivity contribution in [2.24, 2.45) is 0 Å². The summed E-state index contributed by atoms with van der Waals surface area (Å²) in [5.41, 5.74) is 3.05. The van der Waals surface area contributed by atoms with Gasteiger partial charge in [0.25, 0.3) is 5.91 Å². The summed E-state index contributed by atoms with van der Waals surface area (Å²) in [4.78, 5) is 19.1. The molecule has 0 aliphatic carbocycles. The summed E-state index contributed by atoms with van der Waals surface area (Å²) in [5.74, 6) is -0.0236. The van der Waals surface area contributed by atoms with Crippen LogP contribution in [0.3, 0.4) is 0 Å². The minimum absolute atomic E-state index is 0.0236. The molecule has 0 N–H and O–H groups in total. The van der Waals surface area contributed by atoms with Gasteiger partial charge in [0.15, 0.2) is 5.65 Å². The van der Waals surface area contributed by atoms with E-state index in [1.165, 1.54) is 0 Å². The third-order valence-electron chi connectivity index (χ3n) is 3.72. The van der Waals surface area contributed by atoms with Crippen molar-refractivity contribution in [2.45, 2.75) is 39.9 Å². The summed E-state index contributed by atoms with van der Waals surface area (Å²) in [7, 11) is 0. The molecule has 21 heavy (non-hydrogen) atoms. The number of aryl methyl sites for hydroxylation is 2. The normalized spacial score (nSPS) is 22.8. The van der Waals surface area contributed by atoms with Gasteiger partial charge in [0.1, 0.15) is 5.56 Å². The average Bonchev–Trinajstić information content (AvgIpc) is 2.80. The molecule has 0 radical (unpaired) electrons. The van der Waals surface area contributed by atoms with Gasteiger partial charge in [-0.1, -0.05) is 0 Å². The van der Waals surface area contributed by atoms with Crippen molar-refractivity contribution in [1.29, 1.82) is 0 Å². The molecule has 1 aliphatic heterocycles. The lowest BCUT2D eigenvalue weighted by Gasteiger charge is -2.35. The third kappa shape index (κ3) is 2.51. The highest BCUT2D eigenvalue weighted by atomic mass is 16.5. The van der Waals surface area contributed by atoms with Gasteiger partial charge in [-0.05, 0) is 33.8 Å². The first-order valence-corrected chi connectivity index (χ1v) is 7.22. The SMILES string of the molecule is Cc1cc(C)n2ncc(C(=O)N3C[C@H](C)O[C@@H](C)C3)c2n1. The zero-order valence-corrected chi connectivity index (χ0v) is 12.8. The minimum atomic E-state index is -0.0236. The maximum atomic E-state index is 12.8. The molecule has 2 aromatic heterocycles. The fraction of sp³-hybridized carbons (Fsp3) is 0.533. The van der Waals surface area contributed by atoms with Crippen LogP contribution in [0.25, 0.3) is 5.65 Å². The first kappa shape index (κ1) is 14.0. The zero-order valence-electron chi connectivity index (χ0n) is 12.8. The molecule has 0 unspecified atom stereocenters. The molecular formula is C15H20N4O2. The topological polar surface area (TPSA) is 59.7 Å². The van der Waals surface area contributed by atoms with Crippen molar-refractivity contribution in [3.8, 4) is 0 Å². The first-order valence-electron chi connectivity index (χ1n) is 7.22. The monoisotopic (exact) mass is 288 g/mol. The van der Waals surface area contributed by atoms with E-state index in [2.05, 4.69) is 10.1 Å². The van der Waals surface area contributed by atoms with E-state index in [4.69, 9.17) is 4.74 Å². The standard InChI is InChI=1S/C15H20N4O2/c1-9-5-10(2)19-14(17-9)13(6-16-19)15(20)18-7-11(3)21-12(4)8-18/h5-6,11-12H,7-8H2,1-4H3/t11-,12-/m0/s1. The van der Waals surface area contributed by atoms with E-state index >= 15 is 0 Å². The fourth-order valence-corrected chi connectivity index (χ4v) is 2.94. The Morgan fingerprint density at radius 3 is 2.62 bits per heavy atom. The predicted molar refractivity (Wildman–Crippen MR) is 78.4 cm³/mol. The summed E-state index contributed by atoms with van der Waals surface area (Å²) in [6.45, 7) is 9.06. The van der Waals surface area contributed by atoms with Crippen molar-refractivity contribution < 1.29 is 9.53 Å². The van der Waals surface area contributed by atoms with Crippen LogP contribution in [0, 0.1) is 13.8 Å². The maximum Gasteiger partial charge on any atom is 0.259 e.